The molecule has 0 aromatic heterocycles. The minimum absolute atomic E-state index is 0.0539. The molecule has 11 rings (SSSR count). The molecule has 4 saturated carbocycles. The predicted octanol–water partition coefficient (Wildman–Crippen LogP) is 8.98. The molecule has 4 aliphatic carbocycles. The van der Waals surface area contributed by atoms with Gasteiger partial charge in [-0.2, -0.15) is 0 Å². The van der Waals surface area contributed by atoms with E-state index in [1.165, 1.54) is 6.07 Å². The highest BCUT2D eigenvalue weighted by molar-refractivity contribution is 6.31. The molecule has 2 saturated heterocycles. The SMILES string of the molecule is C=C1CCC(N2Cc3c(NCCOCCOCCOCCCC(=O)C45CCC(NC(=O)[C@H]6[C@H](c7cccc(Cl)c7F)[C@]7(C(=O)Nc8cc(Cl)ccc87)C7(CCCCC7)N6CC)(CC4)CC5)cccc3C2=O)C(=O)N1. The molecule has 2 bridgehead atoms. The number of allylic oxidation sites excluding steroid dienone is 1. The smallest absolute Gasteiger partial charge is 0.255 e. The lowest BCUT2D eigenvalue weighted by atomic mass is 9.54. The van der Waals surface area contributed by atoms with Crippen LogP contribution in [0.4, 0.5) is 15.8 Å². The molecule has 4 aliphatic heterocycles. The fraction of sp³-hybridized carbons (Fsp3) is 0.561. The molecule has 4 amide bonds. The summed E-state index contributed by atoms with van der Waals surface area (Å²) < 4.78 is 34.0. The zero-order chi connectivity index (χ0) is 51.8. The van der Waals surface area contributed by atoms with Gasteiger partial charge in [-0.15, -0.1) is 0 Å². The summed E-state index contributed by atoms with van der Waals surface area (Å²) in [6, 6.07) is 14.5. The van der Waals surface area contributed by atoms with Gasteiger partial charge in [-0.1, -0.05) is 80.2 Å². The van der Waals surface area contributed by atoms with E-state index < -0.39 is 45.7 Å². The summed E-state index contributed by atoms with van der Waals surface area (Å²) in [5, 5.41) is 13.3. The summed E-state index contributed by atoms with van der Waals surface area (Å²) in [5.74, 6) is -2.02. The number of hydrogen-bond donors (Lipinski definition) is 4. The Kier molecular flexibility index (Phi) is 15.3. The van der Waals surface area contributed by atoms with Crippen LogP contribution < -0.4 is 21.3 Å². The van der Waals surface area contributed by atoms with Crippen molar-refractivity contribution in [1.29, 1.82) is 0 Å². The highest BCUT2D eigenvalue weighted by atomic mass is 35.5. The molecule has 14 nitrogen and oxygen atoms in total. The van der Waals surface area contributed by atoms with Gasteiger partial charge in [0.15, 0.2) is 0 Å². The number of ketones is 1. The lowest BCUT2D eigenvalue weighted by Crippen LogP contribution is -2.63. The van der Waals surface area contributed by atoms with E-state index in [-0.39, 0.29) is 40.0 Å². The number of hydrogen-bond acceptors (Lipinski definition) is 10. The van der Waals surface area contributed by atoms with Crippen LogP contribution in [0, 0.1) is 11.2 Å². The second-order valence-corrected chi connectivity index (χ2v) is 22.5. The van der Waals surface area contributed by atoms with Crippen LogP contribution in [0.25, 0.3) is 0 Å². The molecule has 396 valence electrons. The number of halogens is 3. The first-order chi connectivity index (χ1) is 35.8. The van der Waals surface area contributed by atoms with E-state index in [0.717, 1.165) is 36.1 Å². The maximum atomic E-state index is 16.7. The number of Topliss-reactive ketones (excluding diaryl/α,β-unsaturated/α-hetero) is 1. The monoisotopic (exact) mass is 1050 g/mol. The Morgan fingerprint density at radius 2 is 1.55 bits per heavy atom. The Balaban J connectivity index is 0.674. The highest BCUT2D eigenvalue weighted by Crippen LogP contribution is 2.67. The van der Waals surface area contributed by atoms with Crippen LogP contribution in [0.1, 0.15) is 136 Å². The summed E-state index contributed by atoms with van der Waals surface area (Å²) >= 11 is 13.0. The number of ether oxygens (including phenoxy) is 3. The molecule has 6 fully saturated rings. The first-order valence-corrected chi connectivity index (χ1v) is 27.6. The van der Waals surface area contributed by atoms with Crippen molar-refractivity contribution in [3.05, 3.63) is 105 Å². The van der Waals surface area contributed by atoms with Gasteiger partial charge < -0.3 is 40.4 Å². The number of amides is 4. The highest BCUT2D eigenvalue weighted by Gasteiger charge is 2.75. The third kappa shape index (κ3) is 9.24. The van der Waals surface area contributed by atoms with Gasteiger partial charge in [0.1, 0.15) is 23.1 Å². The number of nitrogens with one attached hydrogen (secondary N) is 4. The van der Waals surface area contributed by atoms with E-state index in [9.17, 15) is 14.4 Å². The Bertz CT molecular complexity index is 2670. The Morgan fingerprint density at radius 3 is 2.27 bits per heavy atom. The van der Waals surface area contributed by atoms with Gasteiger partial charge in [-0.25, -0.2) is 4.39 Å². The quantitative estimate of drug-likeness (QED) is 0.0803. The number of fused-ring (bicyclic) bond motifs is 7. The average Bonchev–Trinajstić information content (AvgIpc) is 4.05. The lowest BCUT2D eigenvalue weighted by molar-refractivity contribution is -0.139. The van der Waals surface area contributed by atoms with E-state index in [4.69, 9.17) is 37.4 Å². The minimum Gasteiger partial charge on any atom is -0.382 e. The average molecular weight is 1060 g/mol. The van der Waals surface area contributed by atoms with E-state index in [0.29, 0.717) is 158 Å². The molecular formula is C57H69Cl2FN6O8. The third-order valence-corrected chi connectivity index (χ3v) is 18.5. The van der Waals surface area contributed by atoms with Gasteiger partial charge >= 0.3 is 0 Å². The Labute approximate surface area is 443 Å². The molecule has 74 heavy (non-hydrogen) atoms. The van der Waals surface area contributed by atoms with Crippen molar-refractivity contribution < 1.29 is 42.6 Å². The molecule has 17 heteroatoms. The van der Waals surface area contributed by atoms with Crippen LogP contribution in [0.15, 0.2) is 66.9 Å². The van der Waals surface area contributed by atoms with E-state index in [2.05, 4.69) is 32.7 Å². The second kappa shape index (κ2) is 21.6. The van der Waals surface area contributed by atoms with Crippen molar-refractivity contribution in [3.63, 3.8) is 0 Å². The number of carbonyl (C=O) groups excluding carboxylic acids is 5. The zero-order valence-corrected chi connectivity index (χ0v) is 43.9. The molecule has 2 spiro atoms. The van der Waals surface area contributed by atoms with Crippen LogP contribution in [0.5, 0.6) is 0 Å². The number of rotatable bonds is 20. The van der Waals surface area contributed by atoms with Crippen molar-refractivity contribution >= 4 is 64.0 Å². The number of nitrogens with zero attached hydrogens (tertiary/aromatic N) is 2. The number of carbonyl (C=O) groups is 5. The normalized spacial score (nSPS) is 27.9. The van der Waals surface area contributed by atoms with Gasteiger partial charge in [-0.05, 0) is 119 Å². The van der Waals surface area contributed by atoms with Crippen LogP contribution >= 0.6 is 23.2 Å². The first kappa shape index (κ1) is 52.5. The number of likely N-dealkylation sites (N-methyl/N-ethyl adjacent to an activating group) is 1. The summed E-state index contributed by atoms with van der Waals surface area (Å²) in [7, 11) is 0. The molecule has 3 aromatic carbocycles. The summed E-state index contributed by atoms with van der Waals surface area (Å²) in [6.45, 7) is 9.81. The van der Waals surface area contributed by atoms with Gasteiger partial charge in [0.2, 0.25) is 17.7 Å². The minimum atomic E-state index is -1.30. The Morgan fingerprint density at radius 1 is 0.851 bits per heavy atom. The van der Waals surface area contributed by atoms with Crippen molar-refractivity contribution in [2.75, 3.05) is 63.4 Å². The van der Waals surface area contributed by atoms with E-state index >= 15 is 14.0 Å². The van der Waals surface area contributed by atoms with Crippen molar-refractivity contribution in [2.45, 2.75) is 144 Å². The molecule has 4 N–H and O–H groups in total. The molecule has 1 unspecified atom stereocenters. The topological polar surface area (TPSA) is 168 Å². The number of benzene rings is 3. The summed E-state index contributed by atoms with van der Waals surface area (Å²) in [6.07, 6.45) is 10.4. The molecule has 8 aliphatic rings. The molecular weight excluding hydrogens is 987 g/mol. The standard InChI is InChI=1S/C57H69Cl2FN6O8/c1-3-66-49(47(39-11-7-12-42(59)48(39)60)57(56(66)19-5-4-6-20-56)41-17-16-37(58)34-44(41)63-53(57)71)51(69)64-55-24-21-54(22-25-55,23-26-55)46(67)14-9-28-72-30-32-74-33-31-73-29-27-61-43-13-8-10-38-40(43)35-65(52(38)70)45-18-15-36(2)62-50(45)68/h7-8,10-13,16-17,34,45,47,49,61H,2-6,9,14-15,18-33,35H2,1H3,(H,62,68)(H,63,71)(H,64,69)/t45?,47-,49+,54?,55?,57+/m0/s1. The summed E-state index contributed by atoms with van der Waals surface area (Å²) in [4.78, 5) is 74.0. The fourth-order valence-corrected chi connectivity index (χ4v) is 14.8. The first-order valence-electron chi connectivity index (χ1n) is 26.8. The second-order valence-electron chi connectivity index (χ2n) is 21.6. The van der Waals surface area contributed by atoms with Crippen LogP contribution in [0.2, 0.25) is 10.0 Å². The molecule has 4 heterocycles. The van der Waals surface area contributed by atoms with Crippen LogP contribution in [0.3, 0.4) is 0 Å². The molecule has 0 radical (unpaired) electrons. The number of piperidine rings is 1. The number of anilines is 2. The molecule has 4 atom stereocenters. The van der Waals surface area contributed by atoms with Gasteiger partial charge in [0.05, 0.1) is 44.1 Å². The van der Waals surface area contributed by atoms with Crippen molar-refractivity contribution in [2.24, 2.45) is 5.41 Å². The van der Waals surface area contributed by atoms with E-state index in [1.807, 2.05) is 25.1 Å². The van der Waals surface area contributed by atoms with Crippen molar-refractivity contribution in [3.8, 4) is 0 Å². The van der Waals surface area contributed by atoms with Gasteiger partial charge in [0.25, 0.3) is 5.91 Å². The van der Waals surface area contributed by atoms with Crippen molar-refractivity contribution in [1.82, 2.24) is 20.4 Å². The van der Waals surface area contributed by atoms with Crippen LogP contribution in [-0.4, -0.2) is 115 Å². The largest absolute Gasteiger partial charge is 0.382 e. The lowest BCUT2D eigenvalue weighted by Gasteiger charge is -2.53. The van der Waals surface area contributed by atoms with Gasteiger partial charge in [0, 0.05) is 81.7 Å². The van der Waals surface area contributed by atoms with Crippen LogP contribution in [-0.2, 0) is 45.3 Å². The Hall–Kier alpha value is -4.90. The van der Waals surface area contributed by atoms with E-state index in [1.54, 1.807) is 35.2 Å². The maximum Gasteiger partial charge on any atom is 0.255 e. The molecule has 3 aromatic rings. The third-order valence-electron chi connectivity index (χ3n) is 17.9. The summed E-state index contributed by atoms with van der Waals surface area (Å²) in [5.41, 5.74) is 1.63. The maximum absolute atomic E-state index is 16.7. The van der Waals surface area contributed by atoms with Gasteiger partial charge in [-0.3, -0.25) is 28.9 Å². The zero-order valence-electron chi connectivity index (χ0n) is 42.4. The number of likely N-dealkylation sites (tertiary alicyclic amines) is 1. The fourth-order valence-electron chi connectivity index (χ4n) is 14.4. The predicted molar refractivity (Wildman–Crippen MR) is 281 cm³/mol.